The van der Waals surface area contributed by atoms with Crippen molar-refractivity contribution in [2.24, 2.45) is 0 Å². The SMILES string of the molecule is Cc1ccc(-n2c(=O)[nH]cc(C(=O)Nc3cccc(C(F)(F)F)c3)c2=O)cc1. The number of carbonyl (C=O) groups is 1. The highest BCUT2D eigenvalue weighted by atomic mass is 19.4. The molecule has 0 saturated heterocycles. The molecule has 0 radical (unpaired) electrons. The van der Waals surface area contributed by atoms with Crippen molar-refractivity contribution in [3.63, 3.8) is 0 Å². The minimum absolute atomic E-state index is 0.132. The summed E-state index contributed by atoms with van der Waals surface area (Å²) < 4.78 is 39.2. The van der Waals surface area contributed by atoms with E-state index in [1.54, 1.807) is 24.3 Å². The van der Waals surface area contributed by atoms with Crippen molar-refractivity contribution in [3.8, 4) is 5.69 Å². The van der Waals surface area contributed by atoms with Crippen molar-refractivity contribution in [1.82, 2.24) is 9.55 Å². The average Bonchev–Trinajstić information content (AvgIpc) is 2.63. The number of aromatic nitrogens is 2. The number of nitrogens with zero attached hydrogens (tertiary/aromatic N) is 1. The quantitative estimate of drug-likeness (QED) is 0.722. The van der Waals surface area contributed by atoms with Crippen LogP contribution in [0.3, 0.4) is 0 Å². The third-order valence-electron chi connectivity index (χ3n) is 3.96. The van der Waals surface area contributed by atoms with E-state index in [0.717, 1.165) is 34.5 Å². The van der Waals surface area contributed by atoms with Gasteiger partial charge in [-0.3, -0.25) is 9.59 Å². The minimum Gasteiger partial charge on any atom is -0.322 e. The van der Waals surface area contributed by atoms with E-state index in [4.69, 9.17) is 0 Å². The summed E-state index contributed by atoms with van der Waals surface area (Å²) in [4.78, 5) is 39.4. The van der Waals surface area contributed by atoms with E-state index in [1.165, 1.54) is 6.07 Å². The maximum absolute atomic E-state index is 12.8. The first kappa shape index (κ1) is 19.2. The fourth-order valence-corrected chi connectivity index (χ4v) is 2.54. The van der Waals surface area contributed by atoms with Crippen LogP contribution in [0, 0.1) is 6.92 Å². The molecule has 0 saturated carbocycles. The number of alkyl halides is 3. The van der Waals surface area contributed by atoms with Crippen LogP contribution in [-0.2, 0) is 6.18 Å². The Hall–Kier alpha value is -3.62. The van der Waals surface area contributed by atoms with E-state index in [2.05, 4.69) is 10.3 Å². The van der Waals surface area contributed by atoms with Gasteiger partial charge in [0.15, 0.2) is 0 Å². The molecule has 3 aromatic rings. The van der Waals surface area contributed by atoms with Gasteiger partial charge in [0.25, 0.3) is 11.5 Å². The summed E-state index contributed by atoms with van der Waals surface area (Å²) in [6, 6.07) is 10.5. The molecule has 144 valence electrons. The Morgan fingerprint density at radius 3 is 2.39 bits per heavy atom. The van der Waals surface area contributed by atoms with Gasteiger partial charge in [-0.25, -0.2) is 9.36 Å². The highest BCUT2D eigenvalue weighted by Gasteiger charge is 2.30. The van der Waals surface area contributed by atoms with Crippen molar-refractivity contribution in [2.75, 3.05) is 5.32 Å². The number of amides is 1. The number of anilines is 1. The van der Waals surface area contributed by atoms with Crippen LogP contribution in [0.2, 0.25) is 0 Å². The summed E-state index contributed by atoms with van der Waals surface area (Å²) in [5.41, 5.74) is -1.97. The van der Waals surface area contributed by atoms with Gasteiger partial charge in [0.05, 0.1) is 11.3 Å². The second-order valence-corrected chi connectivity index (χ2v) is 6.02. The van der Waals surface area contributed by atoms with E-state index in [9.17, 15) is 27.6 Å². The molecule has 0 unspecified atom stereocenters. The number of nitrogens with one attached hydrogen (secondary N) is 2. The molecule has 1 heterocycles. The zero-order valence-electron chi connectivity index (χ0n) is 14.5. The molecule has 9 heteroatoms. The zero-order chi connectivity index (χ0) is 20.5. The molecule has 2 aromatic carbocycles. The Labute approximate surface area is 156 Å². The average molecular weight is 389 g/mol. The van der Waals surface area contributed by atoms with E-state index >= 15 is 0 Å². The van der Waals surface area contributed by atoms with Crippen molar-refractivity contribution in [1.29, 1.82) is 0 Å². The molecule has 0 spiro atoms. The van der Waals surface area contributed by atoms with Gasteiger partial charge in [-0.05, 0) is 37.3 Å². The maximum Gasteiger partial charge on any atom is 0.416 e. The fourth-order valence-electron chi connectivity index (χ4n) is 2.54. The molecule has 0 bridgehead atoms. The first-order chi connectivity index (χ1) is 13.2. The van der Waals surface area contributed by atoms with Crippen LogP contribution in [-0.4, -0.2) is 15.5 Å². The molecule has 0 fully saturated rings. The lowest BCUT2D eigenvalue weighted by Crippen LogP contribution is -2.38. The van der Waals surface area contributed by atoms with Crippen LogP contribution < -0.4 is 16.6 Å². The summed E-state index contributed by atoms with van der Waals surface area (Å²) in [7, 11) is 0. The summed E-state index contributed by atoms with van der Waals surface area (Å²) >= 11 is 0. The van der Waals surface area contributed by atoms with Crippen LogP contribution in [0.4, 0.5) is 18.9 Å². The molecule has 2 N–H and O–H groups in total. The van der Waals surface area contributed by atoms with Gasteiger partial charge in [-0.15, -0.1) is 0 Å². The van der Waals surface area contributed by atoms with E-state index in [0.29, 0.717) is 0 Å². The Bertz CT molecular complexity index is 1150. The van der Waals surface area contributed by atoms with Crippen molar-refractivity contribution < 1.29 is 18.0 Å². The van der Waals surface area contributed by atoms with E-state index < -0.39 is 34.5 Å². The summed E-state index contributed by atoms with van der Waals surface area (Å²) in [6.07, 6.45) is -3.64. The molecule has 0 aliphatic rings. The van der Waals surface area contributed by atoms with E-state index in [-0.39, 0.29) is 11.4 Å². The molecule has 3 rings (SSSR count). The van der Waals surface area contributed by atoms with Crippen molar-refractivity contribution >= 4 is 11.6 Å². The van der Waals surface area contributed by atoms with Gasteiger partial charge < -0.3 is 10.3 Å². The Morgan fingerprint density at radius 2 is 1.75 bits per heavy atom. The number of hydrogen-bond donors (Lipinski definition) is 2. The van der Waals surface area contributed by atoms with Crippen LogP contribution in [0.1, 0.15) is 21.5 Å². The van der Waals surface area contributed by atoms with Gasteiger partial charge in [-0.1, -0.05) is 23.8 Å². The second kappa shape index (κ2) is 7.18. The molecule has 0 aliphatic heterocycles. The zero-order valence-corrected chi connectivity index (χ0v) is 14.5. The predicted molar refractivity (Wildman–Crippen MR) is 96.8 cm³/mol. The van der Waals surface area contributed by atoms with Crippen LogP contribution in [0.25, 0.3) is 5.69 Å². The van der Waals surface area contributed by atoms with Crippen molar-refractivity contribution in [2.45, 2.75) is 13.1 Å². The highest BCUT2D eigenvalue weighted by Crippen LogP contribution is 2.30. The Kier molecular flexibility index (Phi) is 4.91. The van der Waals surface area contributed by atoms with Gasteiger partial charge in [0.1, 0.15) is 5.56 Å². The number of benzene rings is 2. The number of rotatable bonds is 3. The molecule has 1 aromatic heterocycles. The van der Waals surface area contributed by atoms with Gasteiger partial charge in [0.2, 0.25) is 0 Å². The normalized spacial score (nSPS) is 11.3. The number of carbonyl (C=O) groups excluding carboxylic acids is 1. The van der Waals surface area contributed by atoms with E-state index in [1.807, 2.05) is 6.92 Å². The third-order valence-corrected chi connectivity index (χ3v) is 3.96. The lowest BCUT2D eigenvalue weighted by atomic mass is 10.2. The lowest BCUT2D eigenvalue weighted by Gasteiger charge is -2.10. The highest BCUT2D eigenvalue weighted by molar-refractivity contribution is 6.03. The molecule has 0 atom stereocenters. The first-order valence-electron chi connectivity index (χ1n) is 8.07. The first-order valence-corrected chi connectivity index (χ1v) is 8.07. The number of aromatic amines is 1. The van der Waals surface area contributed by atoms with Crippen LogP contribution in [0.5, 0.6) is 0 Å². The smallest absolute Gasteiger partial charge is 0.322 e. The summed E-state index contributed by atoms with van der Waals surface area (Å²) in [5.74, 6) is -0.943. The van der Waals surface area contributed by atoms with Crippen LogP contribution in [0.15, 0.2) is 64.3 Å². The summed E-state index contributed by atoms with van der Waals surface area (Å²) in [5, 5.41) is 2.24. The fraction of sp³-hybridized carbons (Fsp3) is 0.105. The maximum atomic E-state index is 12.8. The lowest BCUT2D eigenvalue weighted by molar-refractivity contribution is -0.137. The molecule has 0 aliphatic carbocycles. The van der Waals surface area contributed by atoms with Gasteiger partial charge in [0, 0.05) is 11.9 Å². The number of halogens is 3. The molecular formula is C19H14F3N3O3. The van der Waals surface area contributed by atoms with Crippen LogP contribution >= 0.6 is 0 Å². The molecule has 6 nitrogen and oxygen atoms in total. The standard InChI is InChI=1S/C19H14F3N3O3/c1-11-5-7-14(8-6-11)25-17(27)15(10-23-18(25)28)16(26)24-13-4-2-3-12(9-13)19(20,21)22/h2-10H,1H3,(H,23,28)(H,24,26). The topological polar surface area (TPSA) is 84.0 Å². The predicted octanol–water partition coefficient (Wildman–Crippen LogP) is 3.11. The molecule has 28 heavy (non-hydrogen) atoms. The van der Waals surface area contributed by atoms with Gasteiger partial charge >= 0.3 is 11.9 Å². The summed E-state index contributed by atoms with van der Waals surface area (Å²) in [6.45, 7) is 1.83. The number of aryl methyl sites for hydroxylation is 1. The molecule has 1 amide bonds. The minimum atomic E-state index is -4.57. The largest absolute Gasteiger partial charge is 0.416 e. The third kappa shape index (κ3) is 3.88. The van der Waals surface area contributed by atoms with Crippen molar-refractivity contribution in [3.05, 3.63) is 92.3 Å². The molecular weight excluding hydrogens is 375 g/mol. The number of H-pyrrole nitrogens is 1. The second-order valence-electron chi connectivity index (χ2n) is 6.02. The van der Waals surface area contributed by atoms with Gasteiger partial charge in [-0.2, -0.15) is 13.2 Å². The monoisotopic (exact) mass is 389 g/mol. The number of hydrogen-bond acceptors (Lipinski definition) is 3. The Morgan fingerprint density at radius 1 is 1.07 bits per heavy atom. The Balaban J connectivity index is 1.98.